The number of benzene rings is 1. The van der Waals surface area contributed by atoms with Crippen molar-refractivity contribution in [3.05, 3.63) is 29.3 Å². The molecule has 2 rings (SSSR count). The average Bonchev–Trinajstić information content (AvgIpc) is 2.40. The molecule has 1 fully saturated rings. The van der Waals surface area contributed by atoms with Crippen molar-refractivity contribution in [1.82, 2.24) is 5.32 Å². The van der Waals surface area contributed by atoms with Crippen LogP contribution in [-0.2, 0) is 10.9 Å². The van der Waals surface area contributed by atoms with Gasteiger partial charge in [-0.2, -0.15) is 13.2 Å². The van der Waals surface area contributed by atoms with Gasteiger partial charge in [-0.1, -0.05) is 13.8 Å². The first kappa shape index (κ1) is 18.4. The molecule has 0 bridgehead atoms. The third-order valence-electron chi connectivity index (χ3n) is 3.44. The molecule has 1 saturated heterocycles. The average molecular weight is 340 g/mol. The number of halogens is 4. The van der Waals surface area contributed by atoms with E-state index >= 15 is 0 Å². The van der Waals surface area contributed by atoms with E-state index in [1.165, 1.54) is 13.2 Å². The number of hydrogen-bond acceptors (Lipinski definition) is 3. The summed E-state index contributed by atoms with van der Waals surface area (Å²) in [5.41, 5.74) is -1.01. The Kier molecular flexibility index (Phi) is 5.22. The number of alkyl halides is 3. The lowest BCUT2D eigenvalue weighted by Crippen LogP contribution is -2.47. The van der Waals surface area contributed by atoms with Gasteiger partial charge < -0.3 is 14.8 Å². The van der Waals surface area contributed by atoms with Crippen molar-refractivity contribution in [1.29, 1.82) is 0 Å². The molecular formula is C14H17ClF3NO3. The maximum absolute atomic E-state index is 13.0. The Morgan fingerprint density at radius 1 is 1.32 bits per heavy atom. The largest absolute Gasteiger partial charge is 0.497 e. The molecule has 1 aliphatic heterocycles. The van der Waals surface area contributed by atoms with Gasteiger partial charge in [-0.3, -0.25) is 0 Å². The van der Waals surface area contributed by atoms with Crippen molar-refractivity contribution in [3.8, 4) is 5.75 Å². The van der Waals surface area contributed by atoms with Gasteiger partial charge in [0.25, 0.3) is 0 Å². The summed E-state index contributed by atoms with van der Waals surface area (Å²) in [5, 5.41) is 2.57. The van der Waals surface area contributed by atoms with Gasteiger partial charge in [-0.25, -0.2) is 4.79 Å². The third kappa shape index (κ3) is 3.76. The number of rotatable bonds is 2. The minimum Gasteiger partial charge on any atom is -0.497 e. The predicted octanol–water partition coefficient (Wildman–Crippen LogP) is 3.94. The number of hydrogen-bond donors (Lipinski definition) is 1. The van der Waals surface area contributed by atoms with Crippen molar-refractivity contribution in [3.63, 3.8) is 0 Å². The smallest absolute Gasteiger partial charge is 0.416 e. The topological polar surface area (TPSA) is 47.6 Å². The van der Waals surface area contributed by atoms with Gasteiger partial charge >= 0.3 is 12.3 Å². The van der Waals surface area contributed by atoms with Gasteiger partial charge in [0.2, 0.25) is 0 Å². The van der Waals surface area contributed by atoms with Crippen LogP contribution in [0.15, 0.2) is 18.2 Å². The first-order valence-corrected chi connectivity index (χ1v) is 6.33. The minimum atomic E-state index is -4.48. The molecule has 1 N–H and O–H groups in total. The van der Waals surface area contributed by atoms with Crippen LogP contribution in [0, 0.1) is 5.41 Å². The van der Waals surface area contributed by atoms with E-state index in [4.69, 9.17) is 9.47 Å². The number of carbonyl (C=O) groups is 1. The van der Waals surface area contributed by atoms with Gasteiger partial charge in [0.1, 0.15) is 12.4 Å². The number of amides is 1. The number of alkyl carbamates (subject to hydrolysis) is 1. The highest BCUT2D eigenvalue weighted by Gasteiger charge is 2.39. The second-order valence-corrected chi connectivity index (χ2v) is 5.63. The van der Waals surface area contributed by atoms with Crippen LogP contribution >= 0.6 is 12.4 Å². The Morgan fingerprint density at radius 3 is 2.50 bits per heavy atom. The molecule has 0 saturated carbocycles. The molecule has 22 heavy (non-hydrogen) atoms. The summed E-state index contributed by atoms with van der Waals surface area (Å²) in [4.78, 5) is 11.4. The fraction of sp³-hybridized carbons (Fsp3) is 0.500. The summed E-state index contributed by atoms with van der Waals surface area (Å²) >= 11 is 0. The molecule has 0 unspecified atom stereocenters. The maximum Gasteiger partial charge on any atom is 0.416 e. The fourth-order valence-electron chi connectivity index (χ4n) is 2.29. The maximum atomic E-state index is 13.0. The molecule has 124 valence electrons. The van der Waals surface area contributed by atoms with E-state index in [1.54, 1.807) is 0 Å². The van der Waals surface area contributed by atoms with Crippen molar-refractivity contribution in [2.75, 3.05) is 13.7 Å². The lowest BCUT2D eigenvalue weighted by molar-refractivity contribution is -0.137. The molecule has 1 aliphatic rings. The van der Waals surface area contributed by atoms with Crippen LogP contribution < -0.4 is 10.1 Å². The summed E-state index contributed by atoms with van der Waals surface area (Å²) in [7, 11) is 1.30. The Balaban J connectivity index is 0.00000242. The first-order valence-electron chi connectivity index (χ1n) is 6.33. The van der Waals surface area contributed by atoms with Gasteiger partial charge in [-0.05, 0) is 23.8 Å². The standard InChI is InChI=1S/C14H16F3NO3.ClH/c1-13(2)7-21-12(19)18-11(13)8-4-9(14(15,16)17)6-10(5-8)20-3;/h4-6,11H,7H2,1-3H3,(H,18,19);1H/t11-;/m1./s1. The molecule has 1 aromatic carbocycles. The van der Waals surface area contributed by atoms with Crippen LogP contribution in [0.5, 0.6) is 5.75 Å². The number of ether oxygens (including phenoxy) is 2. The summed E-state index contributed by atoms with van der Waals surface area (Å²) < 4.78 is 48.7. The van der Waals surface area contributed by atoms with Crippen LogP contribution in [0.3, 0.4) is 0 Å². The summed E-state index contributed by atoms with van der Waals surface area (Å²) in [6.07, 6.45) is -5.13. The molecule has 8 heteroatoms. The molecule has 1 atom stereocenters. The van der Waals surface area contributed by atoms with E-state index in [-0.39, 0.29) is 24.8 Å². The van der Waals surface area contributed by atoms with Gasteiger partial charge in [0.15, 0.2) is 0 Å². The second kappa shape index (κ2) is 6.24. The van der Waals surface area contributed by atoms with E-state index in [9.17, 15) is 18.0 Å². The van der Waals surface area contributed by atoms with Crippen LogP contribution in [-0.4, -0.2) is 19.8 Å². The van der Waals surface area contributed by atoms with E-state index in [2.05, 4.69) is 5.32 Å². The lowest BCUT2D eigenvalue weighted by Gasteiger charge is -2.38. The molecule has 0 aliphatic carbocycles. The first-order chi connectivity index (χ1) is 9.63. The predicted molar refractivity (Wildman–Crippen MR) is 76.2 cm³/mol. The lowest BCUT2D eigenvalue weighted by atomic mass is 9.80. The zero-order chi connectivity index (χ0) is 15.8. The van der Waals surface area contributed by atoms with Crippen LogP contribution in [0.25, 0.3) is 0 Å². The second-order valence-electron chi connectivity index (χ2n) is 5.63. The summed E-state index contributed by atoms with van der Waals surface area (Å²) in [5.74, 6) is 0.0939. The van der Waals surface area contributed by atoms with Crippen molar-refractivity contribution < 1.29 is 27.4 Å². The highest BCUT2D eigenvalue weighted by molar-refractivity contribution is 5.85. The number of nitrogens with one attached hydrogen (secondary N) is 1. The zero-order valence-corrected chi connectivity index (χ0v) is 13.1. The Hall–Kier alpha value is -1.63. The molecule has 4 nitrogen and oxygen atoms in total. The monoisotopic (exact) mass is 339 g/mol. The molecule has 1 heterocycles. The molecule has 0 spiro atoms. The molecule has 0 radical (unpaired) electrons. The number of cyclic esters (lactones) is 1. The Labute approximate surface area is 132 Å². The van der Waals surface area contributed by atoms with Crippen molar-refractivity contribution in [2.45, 2.75) is 26.1 Å². The van der Waals surface area contributed by atoms with Crippen LogP contribution in [0.2, 0.25) is 0 Å². The zero-order valence-electron chi connectivity index (χ0n) is 12.3. The summed E-state index contributed by atoms with van der Waals surface area (Å²) in [6.45, 7) is 3.75. The Morgan fingerprint density at radius 2 is 1.95 bits per heavy atom. The number of methoxy groups -OCH3 is 1. The van der Waals surface area contributed by atoms with Crippen molar-refractivity contribution in [2.24, 2.45) is 5.41 Å². The van der Waals surface area contributed by atoms with E-state index in [0.717, 1.165) is 12.1 Å². The highest BCUT2D eigenvalue weighted by Crippen LogP contribution is 2.40. The molecule has 1 amide bonds. The summed E-state index contributed by atoms with van der Waals surface area (Å²) in [6, 6.07) is 2.86. The van der Waals surface area contributed by atoms with Gasteiger partial charge in [-0.15, -0.1) is 12.4 Å². The fourth-order valence-corrected chi connectivity index (χ4v) is 2.29. The van der Waals surface area contributed by atoms with Crippen LogP contribution in [0.4, 0.5) is 18.0 Å². The minimum absolute atomic E-state index is 0. The van der Waals surface area contributed by atoms with Crippen molar-refractivity contribution >= 4 is 18.5 Å². The third-order valence-corrected chi connectivity index (χ3v) is 3.44. The van der Waals surface area contributed by atoms with Gasteiger partial charge in [0, 0.05) is 5.41 Å². The molecular weight excluding hydrogens is 323 g/mol. The number of carbonyl (C=O) groups excluding carboxylic acids is 1. The quantitative estimate of drug-likeness (QED) is 0.887. The van der Waals surface area contributed by atoms with E-state index in [0.29, 0.717) is 5.56 Å². The van der Waals surface area contributed by atoms with Crippen LogP contribution in [0.1, 0.15) is 31.0 Å². The highest BCUT2D eigenvalue weighted by atomic mass is 35.5. The van der Waals surface area contributed by atoms with Gasteiger partial charge in [0.05, 0.1) is 18.7 Å². The Bertz CT molecular complexity index is 561. The van der Waals surface area contributed by atoms with E-state index < -0.39 is 29.3 Å². The molecule has 1 aromatic rings. The SMILES string of the molecule is COc1cc([C@H]2NC(=O)OCC2(C)C)cc(C(F)(F)F)c1.Cl. The normalized spacial score (nSPS) is 20.5. The van der Waals surface area contributed by atoms with E-state index in [1.807, 2.05) is 13.8 Å². The molecule has 0 aromatic heterocycles.